The fourth-order valence-electron chi connectivity index (χ4n) is 2.95. The highest BCUT2D eigenvalue weighted by Gasteiger charge is 2.32. The Kier molecular flexibility index (Phi) is 9.47. The molecule has 2 aromatic carbocycles. The molecule has 1 aliphatic rings. The van der Waals surface area contributed by atoms with Crippen LogP contribution in [0.2, 0.25) is 0 Å². The van der Waals surface area contributed by atoms with Crippen molar-refractivity contribution in [3.8, 4) is 11.1 Å². The smallest absolute Gasteiger partial charge is 0.113 e. The molecule has 3 rings (SSSR count). The predicted molar refractivity (Wildman–Crippen MR) is 145 cm³/mol. The van der Waals surface area contributed by atoms with Gasteiger partial charge in [-0.1, -0.05) is 61.2 Å². The lowest BCUT2D eigenvalue weighted by Crippen LogP contribution is -2.44. The Morgan fingerprint density at radius 2 is 0.765 bits per heavy atom. The number of hydrogen-bond acceptors (Lipinski definition) is 4. The second kappa shape index (κ2) is 10.6. The van der Waals surface area contributed by atoms with Gasteiger partial charge in [-0.2, -0.15) is 0 Å². The molecule has 2 aromatic rings. The van der Waals surface area contributed by atoms with Crippen LogP contribution in [0.4, 0.5) is 0 Å². The molecule has 0 aromatic heterocycles. The van der Waals surface area contributed by atoms with Crippen LogP contribution in [0, 0.1) is 0 Å². The first kappa shape index (κ1) is 30.4. The van der Waals surface area contributed by atoms with Gasteiger partial charge in [-0.05, 0) is 89.5 Å². The first-order valence-electron chi connectivity index (χ1n) is 11.8. The van der Waals surface area contributed by atoms with Gasteiger partial charge in [0, 0.05) is 0 Å². The Morgan fingerprint density at radius 1 is 0.529 bits per heavy atom. The standard InChI is InChI=1S/C16H14B2.2C6H14O2/c1-9-10(2)16-8-12(18)4-6-14(16)13-5-3-11(17)7-15(9)13;2*1-5(2,7)6(3,4)8/h3-10H,1-2H3;2*7-8H,1-4H3. The molecule has 4 nitrogen and oxygen atoms in total. The highest BCUT2D eigenvalue weighted by atomic mass is 16.4. The summed E-state index contributed by atoms with van der Waals surface area (Å²) in [6.45, 7) is 17.1. The minimum Gasteiger partial charge on any atom is -0.387 e. The Balaban J connectivity index is 0.000000304. The quantitative estimate of drug-likeness (QED) is 0.515. The molecule has 6 heteroatoms. The van der Waals surface area contributed by atoms with E-state index in [9.17, 15) is 0 Å². The van der Waals surface area contributed by atoms with Gasteiger partial charge >= 0.3 is 0 Å². The Morgan fingerprint density at radius 3 is 0.971 bits per heavy atom. The molecule has 0 saturated carbocycles. The van der Waals surface area contributed by atoms with Gasteiger partial charge in [0.15, 0.2) is 0 Å². The molecule has 0 bridgehead atoms. The third-order valence-corrected chi connectivity index (χ3v) is 7.17. The molecule has 0 heterocycles. The van der Waals surface area contributed by atoms with Crippen molar-refractivity contribution in [2.45, 2.75) is 103 Å². The molecule has 0 amide bonds. The molecule has 4 N–H and O–H groups in total. The van der Waals surface area contributed by atoms with Crippen LogP contribution in [-0.2, 0) is 0 Å². The summed E-state index contributed by atoms with van der Waals surface area (Å²) in [7, 11) is 11.8. The van der Waals surface area contributed by atoms with Crippen LogP contribution in [0.25, 0.3) is 11.1 Å². The van der Waals surface area contributed by atoms with Gasteiger partial charge in [0.05, 0.1) is 22.4 Å². The van der Waals surface area contributed by atoms with E-state index in [2.05, 4.69) is 38.1 Å². The maximum absolute atomic E-state index is 9.10. The molecule has 34 heavy (non-hydrogen) atoms. The van der Waals surface area contributed by atoms with E-state index in [1.54, 1.807) is 55.4 Å². The van der Waals surface area contributed by atoms with Crippen molar-refractivity contribution >= 4 is 26.6 Å². The summed E-state index contributed by atoms with van der Waals surface area (Å²) in [6, 6.07) is 12.4. The Bertz CT molecular complexity index is 855. The van der Waals surface area contributed by atoms with Crippen LogP contribution in [0.3, 0.4) is 0 Å². The van der Waals surface area contributed by atoms with Crippen molar-refractivity contribution in [3.63, 3.8) is 0 Å². The van der Waals surface area contributed by atoms with E-state index in [1.165, 1.54) is 22.3 Å². The molecular weight excluding hydrogens is 422 g/mol. The van der Waals surface area contributed by atoms with Gasteiger partial charge in [0.25, 0.3) is 0 Å². The molecular formula is C28H42B2O4. The van der Waals surface area contributed by atoms with Crippen molar-refractivity contribution < 1.29 is 20.4 Å². The largest absolute Gasteiger partial charge is 0.387 e. The van der Waals surface area contributed by atoms with E-state index >= 15 is 0 Å². The fraction of sp³-hybridized carbons (Fsp3) is 0.571. The lowest BCUT2D eigenvalue weighted by atomic mass is 9.70. The summed E-state index contributed by atoms with van der Waals surface area (Å²) >= 11 is 0. The normalized spacial score (nSPS) is 17.9. The topological polar surface area (TPSA) is 80.9 Å². The summed E-state index contributed by atoms with van der Waals surface area (Å²) in [6.07, 6.45) is 0. The first-order valence-corrected chi connectivity index (χ1v) is 11.8. The average Bonchev–Trinajstić information content (AvgIpc) is 2.64. The summed E-state index contributed by atoms with van der Waals surface area (Å²) in [4.78, 5) is 0. The maximum atomic E-state index is 9.10. The van der Waals surface area contributed by atoms with Gasteiger partial charge in [0.2, 0.25) is 0 Å². The van der Waals surface area contributed by atoms with Crippen LogP contribution in [0.5, 0.6) is 0 Å². The monoisotopic (exact) mass is 464 g/mol. The van der Waals surface area contributed by atoms with E-state index in [1.807, 2.05) is 12.1 Å². The molecule has 184 valence electrons. The average molecular weight is 464 g/mol. The third-order valence-electron chi connectivity index (χ3n) is 7.17. The number of fused-ring (bicyclic) bond motifs is 3. The molecule has 0 saturated heterocycles. The zero-order valence-electron chi connectivity index (χ0n) is 22.6. The van der Waals surface area contributed by atoms with Gasteiger partial charge in [-0.15, -0.1) is 0 Å². The molecule has 2 unspecified atom stereocenters. The van der Waals surface area contributed by atoms with Crippen molar-refractivity contribution in [1.29, 1.82) is 0 Å². The fourth-order valence-corrected chi connectivity index (χ4v) is 2.95. The zero-order chi connectivity index (χ0) is 26.9. The molecule has 1 aliphatic carbocycles. The van der Waals surface area contributed by atoms with E-state index < -0.39 is 22.4 Å². The van der Waals surface area contributed by atoms with Crippen LogP contribution in [0.15, 0.2) is 36.4 Å². The Hall–Kier alpha value is -1.59. The summed E-state index contributed by atoms with van der Waals surface area (Å²) in [5, 5.41) is 36.4. The van der Waals surface area contributed by atoms with Crippen LogP contribution >= 0.6 is 0 Å². The van der Waals surface area contributed by atoms with E-state index in [0.29, 0.717) is 11.8 Å². The lowest BCUT2D eigenvalue weighted by molar-refractivity contribution is -0.107. The van der Waals surface area contributed by atoms with E-state index in [-0.39, 0.29) is 0 Å². The molecule has 0 aliphatic heterocycles. The van der Waals surface area contributed by atoms with E-state index in [0.717, 1.165) is 10.9 Å². The highest BCUT2D eigenvalue weighted by molar-refractivity contribution is 6.33. The molecule has 0 fully saturated rings. The number of hydrogen-bond donors (Lipinski definition) is 4. The van der Waals surface area contributed by atoms with Crippen LogP contribution in [0.1, 0.15) is 92.2 Å². The minimum atomic E-state index is -1.01. The van der Waals surface area contributed by atoms with Gasteiger partial charge < -0.3 is 20.4 Å². The number of rotatable bonds is 2. The van der Waals surface area contributed by atoms with Crippen molar-refractivity contribution in [2.75, 3.05) is 0 Å². The first-order chi connectivity index (χ1) is 15.1. The summed E-state index contributed by atoms with van der Waals surface area (Å²) in [5.74, 6) is 0.940. The number of aliphatic hydroxyl groups is 4. The van der Waals surface area contributed by atoms with Crippen LogP contribution in [-0.4, -0.2) is 58.5 Å². The SMILES string of the molecule is CC(C)(O)C(C)(C)O.CC(C)(O)C(C)(C)O.[B]c1ccc2c(c1)C(C)C(C)c1cc([B])ccc1-2. The van der Waals surface area contributed by atoms with Gasteiger partial charge in [0.1, 0.15) is 15.7 Å². The van der Waals surface area contributed by atoms with Crippen molar-refractivity contribution in [2.24, 2.45) is 0 Å². The zero-order valence-corrected chi connectivity index (χ0v) is 22.6. The minimum absolute atomic E-state index is 0.470. The summed E-state index contributed by atoms with van der Waals surface area (Å²) in [5.41, 5.74) is 2.94. The highest BCUT2D eigenvalue weighted by Crippen LogP contribution is 2.45. The second-order valence-electron chi connectivity index (χ2n) is 11.5. The second-order valence-corrected chi connectivity index (χ2v) is 11.5. The summed E-state index contributed by atoms with van der Waals surface area (Å²) < 4.78 is 0. The number of benzene rings is 2. The molecule has 0 spiro atoms. The van der Waals surface area contributed by atoms with E-state index in [4.69, 9.17) is 36.1 Å². The van der Waals surface area contributed by atoms with Crippen molar-refractivity contribution in [3.05, 3.63) is 47.5 Å². The molecule has 2 atom stereocenters. The van der Waals surface area contributed by atoms with Crippen molar-refractivity contribution in [1.82, 2.24) is 0 Å². The Labute approximate surface area is 209 Å². The maximum Gasteiger partial charge on any atom is 0.113 e. The van der Waals surface area contributed by atoms with Gasteiger partial charge in [-0.3, -0.25) is 0 Å². The third kappa shape index (κ3) is 7.71. The van der Waals surface area contributed by atoms with Crippen LogP contribution < -0.4 is 10.9 Å². The lowest BCUT2D eigenvalue weighted by Gasteiger charge is -2.32. The predicted octanol–water partition coefficient (Wildman–Crippen LogP) is 3.22. The molecule has 4 radical (unpaired) electrons. The van der Waals surface area contributed by atoms with Gasteiger partial charge in [-0.25, -0.2) is 0 Å².